The van der Waals surface area contributed by atoms with Gasteiger partial charge in [-0.1, -0.05) is 35.3 Å². The molecule has 0 fully saturated rings. The third-order valence-corrected chi connectivity index (χ3v) is 3.35. The number of halogens is 2. The first-order valence-electron chi connectivity index (χ1n) is 5.40. The molecule has 0 aromatic heterocycles. The van der Waals surface area contributed by atoms with Crippen LogP contribution in [-0.2, 0) is 0 Å². The summed E-state index contributed by atoms with van der Waals surface area (Å²) in [5.74, 6) is 0. The van der Waals surface area contributed by atoms with Gasteiger partial charge in [-0.2, -0.15) is 0 Å². The third kappa shape index (κ3) is 2.64. The van der Waals surface area contributed by atoms with Crippen molar-refractivity contribution in [3.8, 4) is 11.1 Å². The summed E-state index contributed by atoms with van der Waals surface area (Å²) in [5, 5.41) is 11.7. The molecule has 0 saturated heterocycles. The fourth-order valence-electron chi connectivity index (χ4n) is 1.78. The van der Waals surface area contributed by atoms with Crippen LogP contribution < -0.4 is 5.73 Å². The molecule has 2 N–H and O–H groups in total. The fourth-order valence-corrected chi connectivity index (χ4v) is 2.39. The number of benzene rings is 2. The number of rotatable bonds is 2. The third-order valence-electron chi connectivity index (χ3n) is 2.73. The molecule has 0 radical (unpaired) electrons. The molecule has 98 valence electrons. The number of nitro groups is 1. The topological polar surface area (TPSA) is 69.2 Å². The Labute approximate surface area is 119 Å². The van der Waals surface area contributed by atoms with Gasteiger partial charge in [0.25, 0.3) is 5.69 Å². The van der Waals surface area contributed by atoms with E-state index in [1.165, 1.54) is 12.1 Å². The molecule has 0 unspecified atom stereocenters. The highest BCUT2D eigenvalue weighted by atomic mass is 35.5. The molecule has 2 aromatic rings. The normalized spacial score (nSPS) is 10.5. The van der Waals surface area contributed by atoms with Crippen LogP contribution in [0.2, 0.25) is 10.0 Å². The van der Waals surface area contributed by atoms with Gasteiger partial charge in [-0.25, -0.2) is 0 Å². The average molecular weight is 297 g/mol. The number of nitrogens with two attached hydrogens (primary N) is 1. The molecule has 0 atom stereocenters. The second kappa shape index (κ2) is 5.07. The molecule has 19 heavy (non-hydrogen) atoms. The zero-order valence-corrected chi connectivity index (χ0v) is 11.5. The van der Waals surface area contributed by atoms with Gasteiger partial charge in [-0.15, -0.1) is 0 Å². The first kappa shape index (κ1) is 13.6. The number of anilines is 1. The van der Waals surface area contributed by atoms with Gasteiger partial charge in [-0.3, -0.25) is 10.1 Å². The van der Waals surface area contributed by atoms with Gasteiger partial charge < -0.3 is 5.73 Å². The van der Waals surface area contributed by atoms with E-state index in [9.17, 15) is 10.1 Å². The Bertz CT molecular complexity index is 672. The van der Waals surface area contributed by atoms with Crippen molar-refractivity contribution in [2.24, 2.45) is 0 Å². The molecular weight excluding hydrogens is 287 g/mol. The molecule has 0 aliphatic carbocycles. The summed E-state index contributed by atoms with van der Waals surface area (Å²) in [6.07, 6.45) is 0. The molecule has 0 aliphatic heterocycles. The maximum absolute atomic E-state index is 10.9. The second-order valence-electron chi connectivity index (χ2n) is 4.13. The van der Waals surface area contributed by atoms with Crippen molar-refractivity contribution in [3.63, 3.8) is 0 Å². The van der Waals surface area contributed by atoms with Crippen molar-refractivity contribution in [1.29, 1.82) is 0 Å². The Morgan fingerprint density at radius 1 is 1.11 bits per heavy atom. The molecule has 0 amide bonds. The maximum atomic E-state index is 10.9. The van der Waals surface area contributed by atoms with Crippen LogP contribution >= 0.6 is 23.2 Å². The Morgan fingerprint density at radius 3 is 2.32 bits per heavy atom. The first-order chi connectivity index (χ1) is 8.90. The van der Waals surface area contributed by atoms with Crippen LogP contribution in [0.3, 0.4) is 0 Å². The molecule has 0 bridgehead atoms. The Hall–Kier alpha value is -1.78. The number of nitro benzene ring substituents is 1. The predicted molar refractivity (Wildman–Crippen MR) is 77.7 cm³/mol. The van der Waals surface area contributed by atoms with E-state index >= 15 is 0 Å². The summed E-state index contributed by atoms with van der Waals surface area (Å²) in [7, 11) is 0. The minimum atomic E-state index is -0.544. The van der Waals surface area contributed by atoms with E-state index in [0.717, 1.165) is 5.56 Å². The summed E-state index contributed by atoms with van der Waals surface area (Å²) < 4.78 is 0. The molecule has 2 aromatic carbocycles. The van der Waals surface area contributed by atoms with Crippen molar-refractivity contribution >= 4 is 34.6 Å². The van der Waals surface area contributed by atoms with Gasteiger partial charge in [0.15, 0.2) is 0 Å². The molecule has 6 heteroatoms. The monoisotopic (exact) mass is 296 g/mol. The zero-order chi connectivity index (χ0) is 14.2. The Kier molecular flexibility index (Phi) is 3.64. The van der Waals surface area contributed by atoms with Gasteiger partial charge in [0.2, 0.25) is 0 Å². The van der Waals surface area contributed by atoms with E-state index < -0.39 is 4.92 Å². The van der Waals surface area contributed by atoms with Gasteiger partial charge in [0.05, 0.1) is 9.95 Å². The van der Waals surface area contributed by atoms with E-state index in [-0.39, 0.29) is 11.4 Å². The highest BCUT2D eigenvalue weighted by Gasteiger charge is 2.17. The van der Waals surface area contributed by atoms with Crippen molar-refractivity contribution in [2.45, 2.75) is 6.92 Å². The van der Waals surface area contributed by atoms with Crippen molar-refractivity contribution < 1.29 is 4.92 Å². The summed E-state index contributed by atoms with van der Waals surface area (Å²) >= 11 is 12.2. The average Bonchev–Trinajstić information content (AvgIpc) is 2.30. The summed E-state index contributed by atoms with van der Waals surface area (Å²) in [6, 6.07) is 8.12. The number of hydrogen-bond acceptors (Lipinski definition) is 3. The highest BCUT2D eigenvalue weighted by molar-refractivity contribution is 6.36. The first-order valence-corrected chi connectivity index (χ1v) is 6.15. The zero-order valence-electron chi connectivity index (χ0n) is 9.98. The lowest BCUT2D eigenvalue weighted by Crippen LogP contribution is -1.96. The Morgan fingerprint density at radius 2 is 1.74 bits per heavy atom. The van der Waals surface area contributed by atoms with E-state index in [1.807, 2.05) is 13.0 Å². The van der Waals surface area contributed by atoms with E-state index in [1.54, 1.807) is 12.1 Å². The van der Waals surface area contributed by atoms with Crippen LogP contribution in [0.4, 0.5) is 11.4 Å². The van der Waals surface area contributed by atoms with Crippen LogP contribution in [-0.4, -0.2) is 4.92 Å². The smallest absolute Gasteiger partial charge is 0.292 e. The van der Waals surface area contributed by atoms with Crippen LogP contribution in [0.1, 0.15) is 5.56 Å². The summed E-state index contributed by atoms with van der Waals surface area (Å²) in [6.45, 7) is 1.91. The van der Waals surface area contributed by atoms with Gasteiger partial charge in [0, 0.05) is 22.2 Å². The maximum Gasteiger partial charge on any atom is 0.292 e. The summed E-state index contributed by atoms with van der Waals surface area (Å²) in [4.78, 5) is 10.4. The number of nitrogen functional groups attached to an aromatic ring is 1. The molecule has 0 spiro atoms. The molecule has 2 rings (SSSR count). The number of hydrogen-bond donors (Lipinski definition) is 1. The van der Waals surface area contributed by atoms with Crippen LogP contribution in [0, 0.1) is 17.0 Å². The van der Waals surface area contributed by atoms with Crippen LogP contribution in [0.25, 0.3) is 11.1 Å². The van der Waals surface area contributed by atoms with Crippen molar-refractivity contribution in [2.75, 3.05) is 5.73 Å². The van der Waals surface area contributed by atoms with Gasteiger partial charge in [0.1, 0.15) is 5.69 Å². The molecule has 0 saturated carbocycles. The highest BCUT2D eigenvalue weighted by Crippen LogP contribution is 2.38. The SMILES string of the molecule is Cc1ccc(-c2cc([N+](=O)[O-])c(N)cc2Cl)c(Cl)c1. The molecule has 0 heterocycles. The number of aryl methyl sites for hydroxylation is 1. The van der Waals surface area contributed by atoms with Crippen molar-refractivity contribution in [1.82, 2.24) is 0 Å². The van der Waals surface area contributed by atoms with E-state index in [0.29, 0.717) is 21.2 Å². The fraction of sp³-hybridized carbons (Fsp3) is 0.0769. The lowest BCUT2D eigenvalue weighted by atomic mass is 10.0. The van der Waals surface area contributed by atoms with Crippen LogP contribution in [0.5, 0.6) is 0 Å². The van der Waals surface area contributed by atoms with Crippen LogP contribution in [0.15, 0.2) is 30.3 Å². The van der Waals surface area contributed by atoms with E-state index in [2.05, 4.69) is 0 Å². The minimum Gasteiger partial charge on any atom is -0.393 e. The van der Waals surface area contributed by atoms with E-state index in [4.69, 9.17) is 28.9 Å². The largest absolute Gasteiger partial charge is 0.393 e. The molecule has 0 aliphatic rings. The summed E-state index contributed by atoms with van der Waals surface area (Å²) in [5.41, 5.74) is 7.55. The van der Waals surface area contributed by atoms with Crippen molar-refractivity contribution in [3.05, 3.63) is 56.1 Å². The lowest BCUT2D eigenvalue weighted by molar-refractivity contribution is -0.383. The van der Waals surface area contributed by atoms with Gasteiger partial charge in [-0.05, 0) is 24.6 Å². The second-order valence-corrected chi connectivity index (χ2v) is 4.95. The standard InChI is InChI=1S/C13H10Cl2N2O2/c1-7-2-3-8(10(14)4-7)9-5-13(17(18)19)12(16)6-11(9)15/h2-6H,16H2,1H3. The molecular formula is C13H10Cl2N2O2. The Balaban J connectivity index is 2.68. The number of nitrogens with zero attached hydrogens (tertiary/aromatic N) is 1. The predicted octanol–water partition coefficient (Wildman–Crippen LogP) is 4.46. The molecule has 4 nitrogen and oxygen atoms in total. The quantitative estimate of drug-likeness (QED) is 0.505. The van der Waals surface area contributed by atoms with Gasteiger partial charge >= 0.3 is 0 Å². The minimum absolute atomic E-state index is 0.0296. The lowest BCUT2D eigenvalue weighted by Gasteiger charge is -2.09.